The minimum atomic E-state index is -5.19. The van der Waals surface area contributed by atoms with Gasteiger partial charge in [0.15, 0.2) is 0 Å². The van der Waals surface area contributed by atoms with Gasteiger partial charge in [-0.3, -0.25) is 9.59 Å². The van der Waals surface area contributed by atoms with E-state index in [0.29, 0.717) is 13.1 Å². The van der Waals surface area contributed by atoms with Crippen molar-refractivity contribution in [2.45, 2.75) is 58.0 Å². The Bertz CT molecular complexity index is 661. The van der Waals surface area contributed by atoms with Crippen LogP contribution in [0.4, 0.5) is 13.2 Å². The lowest BCUT2D eigenvalue weighted by Crippen LogP contribution is -2.74. The molecule has 1 heterocycles. The Hall–Kier alpha value is -2.83. The number of hydrogen-bond donors (Lipinski definition) is 3. The molecule has 0 bridgehead atoms. The second-order valence-corrected chi connectivity index (χ2v) is 6.38. The van der Waals surface area contributed by atoms with Crippen LogP contribution in [0, 0.1) is 0 Å². The van der Waals surface area contributed by atoms with Crippen LogP contribution >= 0.6 is 0 Å². The van der Waals surface area contributed by atoms with Crippen LogP contribution in [0.15, 0.2) is 11.8 Å². The van der Waals surface area contributed by atoms with Gasteiger partial charge in [0.05, 0.1) is 0 Å². The van der Waals surface area contributed by atoms with Gasteiger partial charge in [-0.25, -0.2) is 4.79 Å². The van der Waals surface area contributed by atoms with E-state index in [1.165, 1.54) is 13.0 Å². The molecule has 13 heteroatoms. The van der Waals surface area contributed by atoms with Crippen LogP contribution < -0.4 is 16.2 Å². The van der Waals surface area contributed by atoms with Gasteiger partial charge in [-0.2, -0.15) is 13.2 Å². The SMILES string of the molecule is CCCN(CCC)C(=O)[C@@H]1OC(C(=O)O)=C[C@H]([NH3+])[C@H]1NC(C)=O.O=C([O-])C(F)(F)F. The molecule has 1 aliphatic heterocycles. The molecule has 10 nitrogen and oxygen atoms in total. The summed E-state index contributed by atoms with van der Waals surface area (Å²) in [4.78, 5) is 45.8. The first-order valence-electron chi connectivity index (χ1n) is 9.05. The average Bonchev–Trinajstić information content (AvgIpc) is 2.61. The summed E-state index contributed by atoms with van der Waals surface area (Å²) < 4.78 is 36.9. The maximum absolute atomic E-state index is 12.8. The number of quaternary nitrogens is 1. The van der Waals surface area contributed by atoms with Gasteiger partial charge in [0.2, 0.25) is 17.8 Å². The molecule has 0 aromatic rings. The lowest BCUT2D eigenvalue weighted by molar-refractivity contribution is -0.414. The number of carbonyl (C=O) groups is 4. The van der Waals surface area contributed by atoms with E-state index in [9.17, 15) is 27.6 Å². The number of nitrogens with zero attached hydrogens (tertiary/aromatic N) is 1. The molecule has 0 aliphatic carbocycles. The van der Waals surface area contributed by atoms with E-state index in [4.69, 9.17) is 19.7 Å². The van der Waals surface area contributed by atoms with Crippen LogP contribution in [0.3, 0.4) is 0 Å². The standard InChI is InChI=1S/C15H25N3O5.C2HF3O2/c1-4-6-18(7-5-2)14(20)13-12(17-9(3)19)10(16)8-11(23-13)15(21)22;3-2(4,5)1(6)7/h8,10,12-13H,4-7,16H2,1-3H3,(H,17,19)(H,21,22);(H,6,7)/t10-,12+,13+;/m0./s1. The van der Waals surface area contributed by atoms with E-state index in [1.54, 1.807) is 4.90 Å². The number of carbonyl (C=O) groups excluding carboxylic acids is 3. The molecule has 1 aliphatic rings. The first kappa shape index (κ1) is 27.2. The van der Waals surface area contributed by atoms with E-state index in [1.807, 2.05) is 13.8 Å². The Labute approximate surface area is 170 Å². The number of alkyl halides is 3. The lowest BCUT2D eigenvalue weighted by Gasteiger charge is -2.35. The van der Waals surface area contributed by atoms with E-state index in [0.717, 1.165) is 12.8 Å². The van der Waals surface area contributed by atoms with Crippen molar-refractivity contribution in [3.05, 3.63) is 11.8 Å². The van der Waals surface area contributed by atoms with Gasteiger partial charge in [-0.05, 0) is 12.8 Å². The topological polar surface area (TPSA) is 164 Å². The second-order valence-electron chi connectivity index (χ2n) is 6.38. The summed E-state index contributed by atoms with van der Waals surface area (Å²) in [6.07, 6.45) is -3.41. The van der Waals surface area contributed by atoms with Crippen LogP contribution in [-0.2, 0) is 23.9 Å². The van der Waals surface area contributed by atoms with Crippen molar-refractivity contribution in [3.8, 4) is 0 Å². The van der Waals surface area contributed by atoms with E-state index in [-0.39, 0.29) is 17.6 Å². The largest absolute Gasteiger partial charge is 0.542 e. The first-order valence-corrected chi connectivity index (χ1v) is 9.05. The summed E-state index contributed by atoms with van der Waals surface area (Å²) >= 11 is 0. The molecule has 3 atom stereocenters. The number of carboxylic acid groups (broad SMARTS) is 2. The summed E-state index contributed by atoms with van der Waals surface area (Å²) in [6, 6.07) is -1.27. The minimum absolute atomic E-state index is 0.308. The summed E-state index contributed by atoms with van der Waals surface area (Å²) in [6.45, 7) is 6.34. The first-order chi connectivity index (χ1) is 13.8. The Morgan fingerprint density at radius 2 is 1.70 bits per heavy atom. The Balaban J connectivity index is 0.00000103. The summed E-state index contributed by atoms with van der Waals surface area (Å²) in [5, 5.41) is 20.6. The van der Waals surface area contributed by atoms with Crippen LogP contribution in [0.1, 0.15) is 33.6 Å². The van der Waals surface area contributed by atoms with Crippen LogP contribution in [-0.4, -0.2) is 71.2 Å². The molecule has 172 valence electrons. The lowest BCUT2D eigenvalue weighted by atomic mass is 9.97. The fraction of sp³-hybridized carbons (Fsp3) is 0.647. The highest BCUT2D eigenvalue weighted by molar-refractivity contribution is 5.88. The van der Waals surface area contributed by atoms with Gasteiger partial charge >= 0.3 is 12.1 Å². The molecule has 0 spiro atoms. The Morgan fingerprint density at radius 3 is 2.03 bits per heavy atom. The van der Waals surface area contributed by atoms with Gasteiger partial charge in [0.25, 0.3) is 5.91 Å². The molecule has 0 radical (unpaired) electrons. The normalized spacial score (nSPS) is 20.6. The van der Waals surface area contributed by atoms with E-state index in [2.05, 4.69) is 11.1 Å². The number of aliphatic carboxylic acids is 2. The predicted molar refractivity (Wildman–Crippen MR) is 93.1 cm³/mol. The highest BCUT2D eigenvalue weighted by atomic mass is 19.4. The molecule has 0 saturated heterocycles. The second kappa shape index (κ2) is 12.0. The van der Waals surface area contributed by atoms with Crippen molar-refractivity contribution in [2.75, 3.05) is 13.1 Å². The van der Waals surface area contributed by atoms with Crippen LogP contribution in [0.2, 0.25) is 0 Å². The zero-order valence-electron chi connectivity index (χ0n) is 16.8. The Kier molecular flexibility index (Phi) is 10.9. The van der Waals surface area contributed by atoms with Gasteiger partial charge < -0.3 is 35.7 Å². The monoisotopic (exact) mass is 441 g/mol. The van der Waals surface area contributed by atoms with Crippen molar-refractivity contribution in [1.29, 1.82) is 0 Å². The quantitative estimate of drug-likeness (QED) is 0.429. The molecule has 0 fully saturated rings. The van der Waals surface area contributed by atoms with E-state index >= 15 is 0 Å². The van der Waals surface area contributed by atoms with Crippen molar-refractivity contribution < 1.29 is 53.0 Å². The number of hydrogen-bond acceptors (Lipinski definition) is 6. The van der Waals surface area contributed by atoms with Crippen molar-refractivity contribution in [3.63, 3.8) is 0 Å². The highest BCUT2D eigenvalue weighted by Crippen LogP contribution is 2.19. The molecular formula is C17H26F3N3O7. The third-order valence-corrected chi connectivity index (χ3v) is 3.76. The molecule has 0 unspecified atom stereocenters. The average molecular weight is 441 g/mol. The summed E-state index contributed by atoms with van der Waals surface area (Å²) in [7, 11) is 0. The fourth-order valence-electron chi connectivity index (χ4n) is 2.57. The fourth-order valence-corrected chi connectivity index (χ4v) is 2.57. The Morgan fingerprint density at radius 1 is 1.23 bits per heavy atom. The molecule has 1 rings (SSSR count). The maximum Gasteiger partial charge on any atom is 0.430 e. The number of rotatable bonds is 7. The number of carboxylic acids is 2. The maximum atomic E-state index is 12.8. The predicted octanol–water partition coefficient (Wildman–Crippen LogP) is -1.58. The number of nitrogens with one attached hydrogen (secondary N) is 1. The van der Waals surface area contributed by atoms with Crippen molar-refractivity contribution >= 4 is 23.8 Å². The zero-order valence-corrected chi connectivity index (χ0v) is 16.8. The summed E-state index contributed by atoms with van der Waals surface area (Å²) in [5.74, 6) is -5.22. The van der Waals surface area contributed by atoms with E-state index < -0.39 is 36.3 Å². The molecule has 0 saturated carbocycles. The molecule has 0 aromatic carbocycles. The van der Waals surface area contributed by atoms with Crippen LogP contribution in [0.5, 0.6) is 0 Å². The molecule has 0 aromatic heterocycles. The zero-order chi connectivity index (χ0) is 23.6. The third kappa shape index (κ3) is 8.68. The number of amides is 2. The summed E-state index contributed by atoms with van der Waals surface area (Å²) in [5.41, 5.74) is 3.84. The van der Waals surface area contributed by atoms with Gasteiger partial charge in [-0.1, -0.05) is 13.8 Å². The third-order valence-electron chi connectivity index (χ3n) is 3.76. The number of halogens is 3. The number of ether oxygens (including phenoxy) is 1. The molecular weight excluding hydrogens is 415 g/mol. The van der Waals surface area contributed by atoms with Gasteiger partial charge in [0, 0.05) is 26.1 Å². The van der Waals surface area contributed by atoms with Crippen molar-refractivity contribution in [2.24, 2.45) is 0 Å². The van der Waals surface area contributed by atoms with Crippen molar-refractivity contribution in [1.82, 2.24) is 10.2 Å². The minimum Gasteiger partial charge on any atom is -0.542 e. The van der Waals surface area contributed by atoms with Gasteiger partial charge in [-0.15, -0.1) is 0 Å². The molecule has 30 heavy (non-hydrogen) atoms. The van der Waals surface area contributed by atoms with Crippen LogP contribution in [0.25, 0.3) is 0 Å². The molecule has 5 N–H and O–H groups in total. The smallest absolute Gasteiger partial charge is 0.430 e. The molecule has 2 amide bonds. The highest BCUT2D eigenvalue weighted by Gasteiger charge is 2.43. The van der Waals surface area contributed by atoms with Gasteiger partial charge in [0.1, 0.15) is 18.1 Å².